The van der Waals surface area contributed by atoms with Gasteiger partial charge in [0.2, 0.25) is 5.88 Å². The Labute approximate surface area is 130 Å². The molecule has 0 saturated carbocycles. The summed E-state index contributed by atoms with van der Waals surface area (Å²) in [5.41, 5.74) is -0.351. The summed E-state index contributed by atoms with van der Waals surface area (Å²) in [7, 11) is 0. The predicted octanol–water partition coefficient (Wildman–Crippen LogP) is 3.88. The van der Waals surface area contributed by atoms with Gasteiger partial charge in [0.25, 0.3) is 5.91 Å². The van der Waals surface area contributed by atoms with Crippen LogP contribution in [0.25, 0.3) is 11.3 Å². The molecule has 0 fully saturated rings. The van der Waals surface area contributed by atoms with Crippen molar-refractivity contribution in [1.82, 2.24) is 4.98 Å². The molecule has 1 amide bonds. The summed E-state index contributed by atoms with van der Waals surface area (Å²) in [6, 6.07) is 7.94. The molecule has 0 saturated heterocycles. The third kappa shape index (κ3) is 2.86. The van der Waals surface area contributed by atoms with Crippen molar-refractivity contribution in [3.63, 3.8) is 0 Å². The lowest BCUT2D eigenvalue weighted by Crippen LogP contribution is -2.46. The molecule has 23 heavy (non-hydrogen) atoms. The number of halogens is 3. The summed E-state index contributed by atoms with van der Waals surface area (Å²) < 4.78 is 43.3. The predicted molar refractivity (Wildman–Crippen MR) is 78.0 cm³/mol. The van der Waals surface area contributed by atoms with Crippen LogP contribution in [0.1, 0.15) is 19.4 Å². The smallest absolute Gasteiger partial charge is 0.416 e. The normalized spacial score (nSPS) is 16.3. The number of nitrogens with one attached hydrogen (secondary N) is 1. The van der Waals surface area contributed by atoms with Gasteiger partial charge in [-0.15, -0.1) is 0 Å². The van der Waals surface area contributed by atoms with E-state index in [4.69, 9.17) is 4.74 Å². The topological polar surface area (TPSA) is 51.2 Å². The molecule has 0 bridgehead atoms. The van der Waals surface area contributed by atoms with Gasteiger partial charge in [-0.2, -0.15) is 13.2 Å². The van der Waals surface area contributed by atoms with Crippen LogP contribution in [-0.2, 0) is 11.0 Å². The molecule has 3 rings (SSSR count). The fourth-order valence-electron chi connectivity index (χ4n) is 2.16. The first-order chi connectivity index (χ1) is 10.7. The average Bonchev–Trinajstić information content (AvgIpc) is 2.47. The number of carbonyl (C=O) groups is 1. The van der Waals surface area contributed by atoms with Gasteiger partial charge < -0.3 is 10.1 Å². The van der Waals surface area contributed by atoms with Crippen molar-refractivity contribution in [2.24, 2.45) is 0 Å². The number of fused-ring (bicyclic) bond motifs is 1. The molecule has 2 heterocycles. The van der Waals surface area contributed by atoms with Crippen molar-refractivity contribution in [1.29, 1.82) is 0 Å². The maximum absolute atomic E-state index is 12.6. The number of benzene rings is 1. The maximum atomic E-state index is 12.6. The number of rotatable bonds is 1. The van der Waals surface area contributed by atoms with E-state index in [1.807, 2.05) is 0 Å². The number of anilines is 1. The van der Waals surface area contributed by atoms with E-state index in [2.05, 4.69) is 10.3 Å². The number of alkyl halides is 3. The van der Waals surface area contributed by atoms with Crippen LogP contribution in [0.15, 0.2) is 36.4 Å². The van der Waals surface area contributed by atoms with Gasteiger partial charge in [-0.1, -0.05) is 12.1 Å². The molecule has 0 radical (unpaired) electrons. The summed E-state index contributed by atoms with van der Waals surface area (Å²) in [5, 5.41) is 2.68. The van der Waals surface area contributed by atoms with Crippen molar-refractivity contribution in [2.75, 3.05) is 5.32 Å². The molecule has 0 atom stereocenters. The molecule has 1 aromatic heterocycles. The second-order valence-electron chi connectivity index (χ2n) is 5.69. The lowest BCUT2D eigenvalue weighted by atomic mass is 10.1. The van der Waals surface area contributed by atoms with Crippen molar-refractivity contribution in [3.8, 4) is 17.1 Å². The number of aromatic nitrogens is 1. The average molecular weight is 322 g/mol. The fraction of sp³-hybridized carbons (Fsp3) is 0.250. The number of amides is 1. The van der Waals surface area contributed by atoms with Crippen LogP contribution in [0, 0.1) is 0 Å². The second-order valence-corrected chi connectivity index (χ2v) is 5.69. The van der Waals surface area contributed by atoms with Gasteiger partial charge in [-0.3, -0.25) is 4.79 Å². The summed E-state index contributed by atoms with van der Waals surface area (Å²) in [6.07, 6.45) is -4.38. The first kappa shape index (κ1) is 15.3. The van der Waals surface area contributed by atoms with Crippen LogP contribution in [0.4, 0.5) is 18.9 Å². The molecular formula is C16H13F3N2O2. The number of nitrogens with zero attached hydrogens (tertiary/aromatic N) is 1. The Morgan fingerprint density at radius 2 is 1.74 bits per heavy atom. The van der Waals surface area contributed by atoms with E-state index in [9.17, 15) is 18.0 Å². The highest BCUT2D eigenvalue weighted by Gasteiger charge is 2.36. The lowest BCUT2D eigenvalue weighted by Gasteiger charge is -2.30. The molecule has 1 aliphatic rings. The Kier molecular flexibility index (Phi) is 3.31. The molecule has 0 spiro atoms. The molecule has 120 valence electrons. The standard InChI is InChI=1S/C16H13F3N2O2/c1-15(2)14(22)21-12-8-7-11(20-13(12)23-15)9-3-5-10(6-4-9)16(17,18)19/h3-8H,1-2H3,(H,21,22). The minimum absolute atomic E-state index is 0.243. The molecule has 7 heteroatoms. The van der Waals surface area contributed by atoms with Crippen molar-refractivity contribution in [2.45, 2.75) is 25.6 Å². The molecule has 0 unspecified atom stereocenters. The van der Waals surface area contributed by atoms with Gasteiger partial charge in [0.1, 0.15) is 5.69 Å². The van der Waals surface area contributed by atoms with Gasteiger partial charge in [0, 0.05) is 5.56 Å². The minimum Gasteiger partial charge on any atom is -0.460 e. The highest BCUT2D eigenvalue weighted by atomic mass is 19.4. The minimum atomic E-state index is -4.38. The second kappa shape index (κ2) is 4.97. The number of carbonyl (C=O) groups excluding carboxylic acids is 1. The molecule has 4 nitrogen and oxygen atoms in total. The van der Waals surface area contributed by atoms with E-state index in [1.54, 1.807) is 26.0 Å². The molecule has 0 aliphatic carbocycles. The highest BCUT2D eigenvalue weighted by molar-refractivity contribution is 5.99. The Balaban J connectivity index is 1.95. The molecule has 1 aliphatic heterocycles. The quantitative estimate of drug-likeness (QED) is 0.867. The Morgan fingerprint density at radius 1 is 1.09 bits per heavy atom. The zero-order valence-corrected chi connectivity index (χ0v) is 12.4. The maximum Gasteiger partial charge on any atom is 0.416 e. The number of pyridine rings is 1. The van der Waals surface area contributed by atoms with Gasteiger partial charge >= 0.3 is 6.18 Å². The van der Waals surface area contributed by atoms with Crippen molar-refractivity contribution in [3.05, 3.63) is 42.0 Å². The van der Waals surface area contributed by atoms with E-state index >= 15 is 0 Å². The number of hydrogen-bond donors (Lipinski definition) is 1. The Hall–Kier alpha value is -2.57. The molecule has 1 aromatic carbocycles. The molecular weight excluding hydrogens is 309 g/mol. The fourth-order valence-corrected chi connectivity index (χ4v) is 2.16. The van der Waals surface area contributed by atoms with Crippen LogP contribution in [0.5, 0.6) is 5.88 Å². The van der Waals surface area contributed by atoms with Gasteiger partial charge in [-0.05, 0) is 38.1 Å². The zero-order valence-electron chi connectivity index (χ0n) is 12.4. The van der Waals surface area contributed by atoms with Crippen molar-refractivity contribution >= 4 is 11.6 Å². The van der Waals surface area contributed by atoms with Crippen LogP contribution in [0.3, 0.4) is 0 Å². The monoisotopic (exact) mass is 322 g/mol. The summed E-state index contributed by atoms with van der Waals surface area (Å²) in [6.45, 7) is 3.22. The number of hydrogen-bond acceptors (Lipinski definition) is 3. The molecule has 1 N–H and O–H groups in total. The molecule has 2 aromatic rings. The van der Waals surface area contributed by atoms with Crippen LogP contribution in [-0.4, -0.2) is 16.5 Å². The third-order valence-corrected chi connectivity index (χ3v) is 3.52. The Morgan fingerprint density at radius 3 is 2.35 bits per heavy atom. The highest BCUT2D eigenvalue weighted by Crippen LogP contribution is 2.35. The largest absolute Gasteiger partial charge is 0.460 e. The van der Waals surface area contributed by atoms with E-state index in [0.29, 0.717) is 16.9 Å². The summed E-state index contributed by atoms with van der Waals surface area (Å²) in [4.78, 5) is 16.1. The van der Waals surface area contributed by atoms with Crippen LogP contribution < -0.4 is 10.1 Å². The van der Waals surface area contributed by atoms with Gasteiger partial charge in [0.15, 0.2) is 5.60 Å². The van der Waals surface area contributed by atoms with Crippen molar-refractivity contribution < 1.29 is 22.7 Å². The van der Waals surface area contributed by atoms with Crippen LogP contribution in [0.2, 0.25) is 0 Å². The van der Waals surface area contributed by atoms with E-state index in [0.717, 1.165) is 12.1 Å². The van der Waals surface area contributed by atoms with E-state index < -0.39 is 17.3 Å². The Bertz CT molecular complexity index is 768. The van der Waals surface area contributed by atoms with E-state index in [-0.39, 0.29) is 11.8 Å². The number of ether oxygens (including phenoxy) is 1. The lowest BCUT2D eigenvalue weighted by molar-refractivity contribution is -0.137. The SMILES string of the molecule is CC1(C)Oc2nc(-c3ccc(C(F)(F)F)cc3)ccc2NC1=O. The summed E-state index contributed by atoms with van der Waals surface area (Å²) in [5.74, 6) is -0.0407. The first-order valence-corrected chi connectivity index (χ1v) is 6.86. The van der Waals surface area contributed by atoms with Crippen LogP contribution >= 0.6 is 0 Å². The summed E-state index contributed by atoms with van der Waals surface area (Å²) >= 11 is 0. The van der Waals surface area contributed by atoms with Gasteiger partial charge in [0.05, 0.1) is 11.3 Å². The third-order valence-electron chi connectivity index (χ3n) is 3.52. The van der Waals surface area contributed by atoms with Gasteiger partial charge in [-0.25, -0.2) is 4.98 Å². The van der Waals surface area contributed by atoms with E-state index in [1.165, 1.54) is 12.1 Å². The first-order valence-electron chi connectivity index (χ1n) is 6.86. The zero-order chi connectivity index (χ0) is 16.8.